The van der Waals surface area contributed by atoms with Crippen molar-refractivity contribution in [2.45, 2.75) is 6.92 Å². The molecule has 0 aromatic heterocycles. The summed E-state index contributed by atoms with van der Waals surface area (Å²) < 4.78 is 10.9. The molecule has 0 heterocycles. The smallest absolute Gasteiger partial charge is 0.308 e. The Bertz CT molecular complexity index is 854. The van der Waals surface area contributed by atoms with E-state index in [1.165, 1.54) is 6.92 Å². The first-order chi connectivity index (χ1) is 12.7. The summed E-state index contributed by atoms with van der Waals surface area (Å²) in [7, 11) is 1.62. The minimum absolute atomic E-state index is 0.361. The van der Waals surface area contributed by atoms with Gasteiger partial charge in [-0.1, -0.05) is 60.7 Å². The Morgan fingerprint density at radius 1 is 0.692 bits per heavy atom. The average Bonchev–Trinajstić information content (AvgIpc) is 2.69. The second-order valence-corrected chi connectivity index (χ2v) is 5.76. The van der Waals surface area contributed by atoms with Gasteiger partial charge >= 0.3 is 5.97 Å². The van der Waals surface area contributed by atoms with Crippen LogP contribution in [0.15, 0.2) is 84.9 Å². The molecule has 3 nitrogen and oxygen atoms in total. The molecular weight excluding hydrogens is 324 g/mol. The molecule has 0 aliphatic carbocycles. The highest BCUT2D eigenvalue weighted by molar-refractivity contribution is 5.98. The van der Waals surface area contributed by atoms with E-state index in [-0.39, 0.29) is 5.97 Å². The van der Waals surface area contributed by atoms with Gasteiger partial charge in [0.25, 0.3) is 0 Å². The van der Waals surface area contributed by atoms with E-state index in [0.29, 0.717) is 5.76 Å². The monoisotopic (exact) mass is 344 g/mol. The van der Waals surface area contributed by atoms with Gasteiger partial charge in [0, 0.05) is 18.1 Å². The zero-order valence-electron chi connectivity index (χ0n) is 14.8. The largest absolute Gasteiger partial charge is 0.497 e. The molecule has 26 heavy (non-hydrogen) atoms. The number of benzene rings is 3. The van der Waals surface area contributed by atoms with Gasteiger partial charge in [0.1, 0.15) is 11.5 Å². The van der Waals surface area contributed by atoms with Crippen molar-refractivity contribution in [3.63, 3.8) is 0 Å². The number of methoxy groups -OCH3 is 1. The molecule has 0 bridgehead atoms. The molecule has 0 aliphatic rings. The van der Waals surface area contributed by atoms with Crippen LogP contribution in [0.25, 0.3) is 11.3 Å². The van der Waals surface area contributed by atoms with Crippen LogP contribution in [-0.2, 0) is 9.53 Å². The van der Waals surface area contributed by atoms with Crippen LogP contribution in [0.4, 0.5) is 0 Å². The Labute approximate surface area is 153 Å². The number of hydrogen-bond donors (Lipinski definition) is 0. The third-order valence-electron chi connectivity index (χ3n) is 3.95. The fourth-order valence-electron chi connectivity index (χ4n) is 2.78. The van der Waals surface area contributed by atoms with Gasteiger partial charge in [0.2, 0.25) is 0 Å². The minimum atomic E-state index is -0.361. The second-order valence-electron chi connectivity index (χ2n) is 5.76. The Kier molecular flexibility index (Phi) is 5.49. The van der Waals surface area contributed by atoms with Crippen LogP contribution in [0.3, 0.4) is 0 Å². The van der Waals surface area contributed by atoms with Crippen molar-refractivity contribution in [2.75, 3.05) is 7.11 Å². The average molecular weight is 344 g/mol. The van der Waals surface area contributed by atoms with E-state index in [0.717, 1.165) is 28.0 Å². The molecule has 0 aliphatic heterocycles. The summed E-state index contributed by atoms with van der Waals surface area (Å²) in [6.45, 7) is 1.41. The van der Waals surface area contributed by atoms with Gasteiger partial charge in [0.15, 0.2) is 0 Å². The maximum Gasteiger partial charge on any atom is 0.308 e. The summed E-state index contributed by atoms with van der Waals surface area (Å²) >= 11 is 0. The molecule has 0 N–H and O–H groups in total. The van der Waals surface area contributed by atoms with E-state index in [2.05, 4.69) is 0 Å². The summed E-state index contributed by atoms with van der Waals surface area (Å²) in [5, 5.41) is 0. The molecule has 0 saturated heterocycles. The van der Waals surface area contributed by atoms with Gasteiger partial charge in [-0.25, -0.2) is 0 Å². The molecule has 3 aromatic carbocycles. The van der Waals surface area contributed by atoms with Gasteiger partial charge in [-0.05, 0) is 35.4 Å². The second kappa shape index (κ2) is 8.17. The highest BCUT2D eigenvalue weighted by Crippen LogP contribution is 2.33. The summed E-state index contributed by atoms with van der Waals surface area (Å²) in [6, 6.07) is 27.3. The normalized spacial score (nSPS) is 10.1. The van der Waals surface area contributed by atoms with Crippen molar-refractivity contribution in [2.24, 2.45) is 0 Å². The number of hydrogen-bond acceptors (Lipinski definition) is 3. The zero-order chi connectivity index (χ0) is 18.4. The Hall–Kier alpha value is -3.33. The van der Waals surface area contributed by atoms with Crippen LogP contribution >= 0.6 is 0 Å². The quantitative estimate of drug-likeness (QED) is 0.364. The SMILES string of the molecule is COc1ccc(C(OC(C)=O)=C(c2ccccc2)c2ccccc2)cc1. The van der Waals surface area contributed by atoms with E-state index in [1.54, 1.807) is 7.11 Å². The van der Waals surface area contributed by atoms with E-state index in [9.17, 15) is 4.79 Å². The molecule has 3 heteroatoms. The summed E-state index contributed by atoms with van der Waals surface area (Å²) in [5.41, 5.74) is 3.63. The lowest BCUT2D eigenvalue weighted by atomic mass is 9.94. The Balaban J connectivity index is 2.27. The molecule has 0 amide bonds. The van der Waals surface area contributed by atoms with Gasteiger partial charge in [-0.3, -0.25) is 4.79 Å². The summed E-state index contributed by atoms with van der Waals surface area (Å²) in [6.07, 6.45) is 0. The lowest BCUT2D eigenvalue weighted by molar-refractivity contribution is -0.134. The van der Waals surface area contributed by atoms with E-state index in [4.69, 9.17) is 9.47 Å². The number of carbonyl (C=O) groups is 1. The third kappa shape index (κ3) is 4.01. The van der Waals surface area contributed by atoms with Crippen molar-refractivity contribution in [3.8, 4) is 5.75 Å². The standard InChI is InChI=1S/C23H20O3/c1-17(24)26-23(20-13-15-21(25-2)16-14-20)22(18-9-5-3-6-10-18)19-11-7-4-8-12-19/h3-16H,1-2H3. The molecular formula is C23H20O3. The fourth-order valence-corrected chi connectivity index (χ4v) is 2.78. The van der Waals surface area contributed by atoms with Crippen LogP contribution in [-0.4, -0.2) is 13.1 Å². The van der Waals surface area contributed by atoms with Crippen molar-refractivity contribution < 1.29 is 14.3 Å². The molecule has 3 aromatic rings. The highest BCUT2D eigenvalue weighted by Gasteiger charge is 2.17. The van der Waals surface area contributed by atoms with Crippen LogP contribution in [0.1, 0.15) is 23.6 Å². The van der Waals surface area contributed by atoms with Crippen LogP contribution in [0, 0.1) is 0 Å². The topological polar surface area (TPSA) is 35.5 Å². The van der Waals surface area contributed by atoms with Gasteiger partial charge in [-0.2, -0.15) is 0 Å². The van der Waals surface area contributed by atoms with Crippen molar-refractivity contribution in [3.05, 3.63) is 102 Å². The molecule has 0 unspecified atom stereocenters. The number of carbonyl (C=O) groups excluding carboxylic acids is 1. The molecule has 3 rings (SSSR count). The molecule has 130 valence electrons. The van der Waals surface area contributed by atoms with Crippen LogP contribution in [0.5, 0.6) is 5.75 Å². The predicted molar refractivity (Wildman–Crippen MR) is 104 cm³/mol. The van der Waals surface area contributed by atoms with Crippen molar-refractivity contribution in [1.82, 2.24) is 0 Å². The van der Waals surface area contributed by atoms with E-state index in [1.807, 2.05) is 84.9 Å². The maximum atomic E-state index is 11.8. The Morgan fingerprint density at radius 3 is 1.62 bits per heavy atom. The first kappa shape index (κ1) is 17.5. The summed E-state index contributed by atoms with van der Waals surface area (Å²) in [5.74, 6) is 0.912. The first-order valence-corrected chi connectivity index (χ1v) is 8.37. The molecule has 0 atom stereocenters. The molecule has 0 radical (unpaired) electrons. The minimum Gasteiger partial charge on any atom is -0.497 e. The lowest BCUT2D eigenvalue weighted by Gasteiger charge is -2.16. The van der Waals surface area contributed by atoms with E-state index < -0.39 is 0 Å². The van der Waals surface area contributed by atoms with Gasteiger partial charge < -0.3 is 9.47 Å². The molecule has 0 saturated carbocycles. The van der Waals surface area contributed by atoms with E-state index >= 15 is 0 Å². The lowest BCUT2D eigenvalue weighted by Crippen LogP contribution is -2.03. The molecule has 0 spiro atoms. The number of esters is 1. The Morgan fingerprint density at radius 2 is 1.19 bits per heavy atom. The van der Waals surface area contributed by atoms with Gasteiger partial charge in [0.05, 0.1) is 7.11 Å². The third-order valence-corrected chi connectivity index (χ3v) is 3.95. The predicted octanol–water partition coefficient (Wildman–Crippen LogP) is 5.17. The summed E-state index contributed by atoms with van der Waals surface area (Å²) in [4.78, 5) is 11.8. The van der Waals surface area contributed by atoms with Crippen LogP contribution < -0.4 is 4.74 Å². The highest BCUT2D eigenvalue weighted by atomic mass is 16.5. The van der Waals surface area contributed by atoms with Crippen molar-refractivity contribution >= 4 is 17.3 Å². The van der Waals surface area contributed by atoms with Gasteiger partial charge in [-0.15, -0.1) is 0 Å². The van der Waals surface area contributed by atoms with Crippen molar-refractivity contribution in [1.29, 1.82) is 0 Å². The van der Waals surface area contributed by atoms with Crippen LogP contribution in [0.2, 0.25) is 0 Å². The fraction of sp³-hybridized carbons (Fsp3) is 0.0870. The first-order valence-electron chi connectivity index (χ1n) is 8.37. The number of ether oxygens (including phenoxy) is 2. The molecule has 0 fully saturated rings. The zero-order valence-corrected chi connectivity index (χ0v) is 14.8. The maximum absolute atomic E-state index is 11.8. The number of rotatable bonds is 5.